The zero-order valence-corrected chi connectivity index (χ0v) is 15.3. The largest absolute Gasteiger partial charge is 0.466 e. The smallest absolute Gasteiger partial charge is 0.312 e. The summed E-state index contributed by atoms with van der Waals surface area (Å²) in [7, 11) is -9.46. The topological polar surface area (TPSA) is 176 Å². The van der Waals surface area contributed by atoms with Gasteiger partial charge in [-0.05, 0) is 25.1 Å². The first-order valence-corrected chi connectivity index (χ1v) is 9.82. The molecule has 13 heteroatoms. The van der Waals surface area contributed by atoms with Crippen molar-refractivity contribution in [3.63, 3.8) is 0 Å². The van der Waals surface area contributed by atoms with Crippen molar-refractivity contribution in [1.29, 1.82) is 0 Å². The van der Waals surface area contributed by atoms with Gasteiger partial charge < -0.3 is 4.74 Å². The van der Waals surface area contributed by atoms with Gasteiger partial charge in [0, 0.05) is 6.92 Å². The normalized spacial score (nSPS) is 12.5. The summed E-state index contributed by atoms with van der Waals surface area (Å²) in [6.07, 6.45) is -0.518. The van der Waals surface area contributed by atoms with Crippen LogP contribution in [0.1, 0.15) is 20.3 Å². The molecule has 0 aliphatic heterocycles. The van der Waals surface area contributed by atoms with E-state index in [-0.39, 0.29) is 12.3 Å². The maximum absolute atomic E-state index is 11.5. The van der Waals surface area contributed by atoms with Crippen LogP contribution in [-0.4, -0.2) is 50.0 Å². The number of hydrogen-bond acceptors (Lipinski definition) is 9. The number of rotatable bonds is 8. The van der Waals surface area contributed by atoms with Gasteiger partial charge in [-0.15, -0.1) is 0 Å². The maximum atomic E-state index is 11.5. The van der Waals surface area contributed by atoms with Crippen molar-refractivity contribution in [2.24, 2.45) is 5.10 Å². The van der Waals surface area contributed by atoms with Crippen LogP contribution in [0.15, 0.2) is 33.1 Å². The van der Waals surface area contributed by atoms with Crippen LogP contribution in [-0.2, 0) is 34.6 Å². The number of hydrogen-bond donors (Lipinski definition) is 3. The molecule has 0 bridgehead atoms. The van der Waals surface area contributed by atoms with Crippen molar-refractivity contribution in [1.82, 2.24) is 0 Å². The summed E-state index contributed by atoms with van der Waals surface area (Å²) in [5.74, 6) is -1.39. The van der Waals surface area contributed by atoms with Crippen LogP contribution < -0.4 is 5.43 Å². The first-order valence-electron chi connectivity index (χ1n) is 6.94. The van der Waals surface area contributed by atoms with Gasteiger partial charge in [0.2, 0.25) is 0 Å². The molecule has 0 atom stereocenters. The fraction of sp³-hybridized carbons (Fsp3) is 0.308. The molecule has 144 valence electrons. The predicted molar refractivity (Wildman–Crippen MR) is 89.1 cm³/mol. The number of carbonyl (C=O) groups is 2. The third-order valence-electron chi connectivity index (χ3n) is 2.86. The SMILES string of the molecule is CCOC(=O)CC(=NNc1cc(S(=O)(=O)O)ccc1S(=O)(=O)O)C(C)=O. The molecule has 1 aromatic carbocycles. The Balaban J connectivity index is 3.34. The summed E-state index contributed by atoms with van der Waals surface area (Å²) in [6.45, 7) is 2.72. The van der Waals surface area contributed by atoms with E-state index in [1.54, 1.807) is 6.92 Å². The van der Waals surface area contributed by atoms with Crippen LogP contribution in [0, 0.1) is 0 Å². The number of esters is 1. The molecule has 0 heterocycles. The molecule has 0 radical (unpaired) electrons. The summed E-state index contributed by atoms with van der Waals surface area (Å²) >= 11 is 0. The first kappa shape index (κ1) is 21.7. The lowest BCUT2D eigenvalue weighted by Crippen LogP contribution is -2.19. The Morgan fingerprint density at radius 2 is 1.77 bits per heavy atom. The fourth-order valence-electron chi connectivity index (χ4n) is 1.70. The van der Waals surface area contributed by atoms with E-state index in [9.17, 15) is 31.0 Å². The van der Waals surface area contributed by atoms with Gasteiger partial charge in [0.15, 0.2) is 5.78 Å². The van der Waals surface area contributed by atoms with E-state index < -0.39 is 53.9 Å². The van der Waals surface area contributed by atoms with Crippen molar-refractivity contribution in [2.45, 2.75) is 30.1 Å². The number of hydrazone groups is 1. The van der Waals surface area contributed by atoms with Crippen LogP contribution in [0.5, 0.6) is 0 Å². The second kappa shape index (κ2) is 8.35. The predicted octanol–water partition coefficient (Wildman–Crippen LogP) is 0.490. The van der Waals surface area contributed by atoms with Crippen molar-refractivity contribution in [2.75, 3.05) is 12.0 Å². The van der Waals surface area contributed by atoms with Gasteiger partial charge in [-0.3, -0.25) is 24.1 Å². The van der Waals surface area contributed by atoms with E-state index >= 15 is 0 Å². The molecule has 0 unspecified atom stereocenters. The summed E-state index contributed by atoms with van der Waals surface area (Å²) in [4.78, 5) is 21.5. The number of nitrogens with zero attached hydrogens (tertiary/aromatic N) is 1. The molecule has 0 aliphatic carbocycles. The molecule has 1 rings (SSSR count). The molecule has 0 saturated heterocycles. The molecule has 0 amide bonds. The number of ketones is 1. The Kier molecular flexibility index (Phi) is 6.97. The molecular weight excluding hydrogens is 392 g/mol. The molecule has 1 aromatic rings. The minimum atomic E-state index is -4.78. The zero-order chi connectivity index (χ0) is 20.1. The van der Waals surface area contributed by atoms with Gasteiger partial charge in [-0.25, -0.2) is 0 Å². The molecule has 3 N–H and O–H groups in total. The molecule has 26 heavy (non-hydrogen) atoms. The molecular formula is C13H16N2O9S2. The average Bonchev–Trinajstić information content (AvgIpc) is 2.49. The molecule has 0 saturated carbocycles. The van der Waals surface area contributed by atoms with Gasteiger partial charge in [0.05, 0.1) is 23.6 Å². The quantitative estimate of drug-likeness (QED) is 0.237. The van der Waals surface area contributed by atoms with Gasteiger partial charge in [0.25, 0.3) is 20.2 Å². The Bertz CT molecular complexity index is 950. The minimum absolute atomic E-state index is 0.0702. The summed E-state index contributed by atoms with van der Waals surface area (Å²) < 4.78 is 68.0. The second-order valence-corrected chi connectivity index (χ2v) is 7.63. The maximum Gasteiger partial charge on any atom is 0.312 e. The standard InChI is InChI=1S/C13H16N2O9S2/c1-3-24-13(17)7-10(8(2)16)14-15-11-6-9(25(18,19)20)4-5-12(11)26(21,22)23/h4-6,15H,3,7H2,1-2H3,(H,18,19,20)(H,21,22,23). The summed E-state index contributed by atoms with van der Waals surface area (Å²) in [6, 6.07) is 2.15. The van der Waals surface area contributed by atoms with E-state index in [4.69, 9.17) is 4.55 Å². The number of carbonyl (C=O) groups excluding carboxylic acids is 2. The Hall–Kier alpha value is -2.35. The highest BCUT2D eigenvalue weighted by Crippen LogP contribution is 2.25. The molecule has 0 aromatic heterocycles. The molecule has 0 spiro atoms. The third-order valence-corrected chi connectivity index (χ3v) is 4.62. The number of nitrogens with one attached hydrogen (secondary N) is 1. The van der Waals surface area contributed by atoms with E-state index in [1.165, 1.54) is 0 Å². The van der Waals surface area contributed by atoms with Crippen molar-refractivity contribution in [3.05, 3.63) is 18.2 Å². The number of anilines is 1. The average molecular weight is 408 g/mol. The highest BCUT2D eigenvalue weighted by Gasteiger charge is 2.20. The van der Waals surface area contributed by atoms with Gasteiger partial charge in [0.1, 0.15) is 10.6 Å². The Labute approximate surface area is 149 Å². The molecule has 11 nitrogen and oxygen atoms in total. The lowest BCUT2D eigenvalue weighted by atomic mass is 10.2. The number of Topliss-reactive ketones (excluding diaryl/α,β-unsaturated/α-hetero) is 1. The van der Waals surface area contributed by atoms with Crippen LogP contribution in [0.4, 0.5) is 5.69 Å². The highest BCUT2D eigenvalue weighted by atomic mass is 32.2. The van der Waals surface area contributed by atoms with Crippen LogP contribution >= 0.6 is 0 Å². The fourth-order valence-corrected chi connectivity index (χ4v) is 2.83. The lowest BCUT2D eigenvalue weighted by molar-refractivity contribution is -0.141. The van der Waals surface area contributed by atoms with E-state index in [0.717, 1.165) is 19.1 Å². The van der Waals surface area contributed by atoms with Gasteiger partial charge >= 0.3 is 5.97 Å². The first-order chi connectivity index (χ1) is 11.9. The van der Waals surface area contributed by atoms with Crippen molar-refractivity contribution < 1.29 is 40.3 Å². The van der Waals surface area contributed by atoms with Crippen LogP contribution in [0.25, 0.3) is 0 Å². The van der Waals surface area contributed by atoms with E-state index in [0.29, 0.717) is 6.07 Å². The Morgan fingerprint density at radius 3 is 2.23 bits per heavy atom. The second-order valence-electron chi connectivity index (χ2n) is 4.82. The molecule has 0 aliphatic rings. The number of ether oxygens (including phenoxy) is 1. The van der Waals surface area contributed by atoms with E-state index in [2.05, 4.69) is 15.3 Å². The van der Waals surface area contributed by atoms with Crippen LogP contribution in [0.2, 0.25) is 0 Å². The summed E-state index contributed by atoms with van der Waals surface area (Å²) in [5, 5.41) is 3.58. The van der Waals surface area contributed by atoms with Crippen molar-refractivity contribution in [3.8, 4) is 0 Å². The Morgan fingerprint density at radius 1 is 1.15 bits per heavy atom. The monoisotopic (exact) mass is 408 g/mol. The zero-order valence-electron chi connectivity index (χ0n) is 13.7. The highest BCUT2D eigenvalue weighted by molar-refractivity contribution is 7.86. The van der Waals surface area contributed by atoms with Crippen LogP contribution in [0.3, 0.4) is 0 Å². The van der Waals surface area contributed by atoms with Crippen molar-refractivity contribution >= 4 is 43.4 Å². The van der Waals surface area contributed by atoms with E-state index in [1.807, 2.05) is 0 Å². The van der Waals surface area contributed by atoms with Gasteiger partial charge in [-0.1, -0.05) is 0 Å². The molecule has 0 fully saturated rings. The number of benzene rings is 1. The summed E-state index contributed by atoms with van der Waals surface area (Å²) in [5.41, 5.74) is 1.24. The minimum Gasteiger partial charge on any atom is -0.466 e. The third kappa shape index (κ3) is 6.18. The van der Waals surface area contributed by atoms with Gasteiger partial charge in [-0.2, -0.15) is 21.9 Å². The lowest BCUT2D eigenvalue weighted by Gasteiger charge is -2.09.